The van der Waals surface area contributed by atoms with Crippen molar-refractivity contribution in [2.45, 2.75) is 32.4 Å². The van der Waals surface area contributed by atoms with Crippen molar-refractivity contribution < 1.29 is 0 Å². The van der Waals surface area contributed by atoms with Gasteiger partial charge in [-0.3, -0.25) is 4.90 Å². The molecule has 0 aromatic heterocycles. The van der Waals surface area contributed by atoms with Crippen LogP contribution in [0.2, 0.25) is 0 Å². The Bertz CT molecular complexity index is 604. The predicted octanol–water partition coefficient (Wildman–Crippen LogP) is 4.83. The highest BCUT2D eigenvalue weighted by molar-refractivity contribution is 9.10. The van der Waals surface area contributed by atoms with Gasteiger partial charge < -0.3 is 5.32 Å². The summed E-state index contributed by atoms with van der Waals surface area (Å²) in [5, 5.41) is 3.69. The van der Waals surface area contributed by atoms with Crippen molar-refractivity contribution >= 4 is 21.6 Å². The van der Waals surface area contributed by atoms with Gasteiger partial charge in [0.15, 0.2) is 0 Å². The summed E-state index contributed by atoms with van der Waals surface area (Å²) in [6.45, 7) is 5.55. The summed E-state index contributed by atoms with van der Waals surface area (Å²) in [5.74, 6) is 0. The number of halogens is 1. The van der Waals surface area contributed by atoms with E-state index in [0.29, 0.717) is 6.04 Å². The Hall–Kier alpha value is -1.32. The molecule has 1 aliphatic rings. The molecule has 1 N–H and O–H groups in total. The number of hydrogen-bond acceptors (Lipinski definition) is 2. The topological polar surface area (TPSA) is 15.3 Å². The van der Waals surface area contributed by atoms with E-state index in [1.54, 1.807) is 0 Å². The molecule has 116 valence electrons. The summed E-state index contributed by atoms with van der Waals surface area (Å²) >= 11 is 3.56. The average molecular weight is 359 g/mol. The van der Waals surface area contributed by atoms with E-state index in [2.05, 4.69) is 81.6 Å². The molecule has 2 aromatic carbocycles. The highest BCUT2D eigenvalue weighted by Crippen LogP contribution is 2.23. The molecular formula is C19H23BrN2. The van der Waals surface area contributed by atoms with Gasteiger partial charge >= 0.3 is 0 Å². The minimum Gasteiger partial charge on any atom is -0.382 e. The first-order valence-electron chi connectivity index (χ1n) is 8.00. The molecule has 0 spiro atoms. The van der Waals surface area contributed by atoms with E-state index < -0.39 is 0 Å². The Morgan fingerprint density at radius 3 is 2.50 bits per heavy atom. The van der Waals surface area contributed by atoms with Crippen LogP contribution in [-0.4, -0.2) is 24.0 Å². The Morgan fingerprint density at radius 1 is 1.09 bits per heavy atom. The first-order valence-corrected chi connectivity index (χ1v) is 8.79. The molecule has 0 aliphatic carbocycles. The largest absolute Gasteiger partial charge is 0.382 e. The normalized spacial score (nSPS) is 16.6. The molecule has 0 atom stereocenters. The van der Waals surface area contributed by atoms with Gasteiger partial charge in [0, 0.05) is 35.8 Å². The number of anilines is 1. The molecule has 3 heteroatoms. The van der Waals surface area contributed by atoms with Gasteiger partial charge in [-0.25, -0.2) is 0 Å². The van der Waals surface area contributed by atoms with Crippen molar-refractivity contribution in [1.82, 2.24) is 4.90 Å². The number of nitrogens with one attached hydrogen (secondary N) is 1. The summed E-state index contributed by atoms with van der Waals surface area (Å²) in [7, 11) is 0. The van der Waals surface area contributed by atoms with Crippen LogP contribution in [0.25, 0.3) is 0 Å². The molecule has 0 unspecified atom stereocenters. The summed E-state index contributed by atoms with van der Waals surface area (Å²) in [4.78, 5) is 2.56. The molecule has 1 saturated heterocycles. The fourth-order valence-corrected chi connectivity index (χ4v) is 3.29. The third-order valence-electron chi connectivity index (χ3n) is 4.37. The van der Waals surface area contributed by atoms with Crippen molar-refractivity contribution in [3.8, 4) is 0 Å². The smallest absolute Gasteiger partial charge is 0.0345 e. The highest BCUT2D eigenvalue weighted by Gasteiger charge is 2.19. The molecule has 22 heavy (non-hydrogen) atoms. The Morgan fingerprint density at radius 2 is 1.82 bits per heavy atom. The molecular weight excluding hydrogens is 336 g/mol. The number of nitrogens with zero attached hydrogens (tertiary/aromatic N) is 1. The first kappa shape index (κ1) is 15.6. The fourth-order valence-electron chi connectivity index (χ4n) is 3.05. The maximum atomic E-state index is 3.69. The predicted molar refractivity (Wildman–Crippen MR) is 97.2 cm³/mol. The van der Waals surface area contributed by atoms with Gasteiger partial charge in [0.05, 0.1) is 0 Å². The number of likely N-dealkylation sites (tertiary alicyclic amines) is 1. The zero-order valence-electron chi connectivity index (χ0n) is 13.1. The van der Waals surface area contributed by atoms with Crippen LogP contribution in [0, 0.1) is 6.92 Å². The van der Waals surface area contributed by atoms with Crippen molar-refractivity contribution in [2.75, 3.05) is 18.4 Å². The molecule has 1 aliphatic heterocycles. The van der Waals surface area contributed by atoms with Crippen LogP contribution in [0.3, 0.4) is 0 Å². The number of rotatable bonds is 4. The van der Waals surface area contributed by atoms with Crippen LogP contribution >= 0.6 is 15.9 Å². The summed E-state index contributed by atoms with van der Waals surface area (Å²) < 4.78 is 1.18. The third-order valence-corrected chi connectivity index (χ3v) is 5.26. The molecule has 0 radical (unpaired) electrons. The quantitative estimate of drug-likeness (QED) is 0.841. The Kier molecular flexibility index (Phi) is 5.16. The SMILES string of the molecule is Cc1cc(NC2CCN(Cc3ccccc3)CC2)ccc1Br. The molecule has 1 fully saturated rings. The number of aryl methyl sites for hydroxylation is 1. The van der Waals surface area contributed by atoms with Gasteiger partial charge in [0.2, 0.25) is 0 Å². The van der Waals surface area contributed by atoms with Gasteiger partial charge in [0.1, 0.15) is 0 Å². The van der Waals surface area contributed by atoms with Crippen LogP contribution in [0.1, 0.15) is 24.0 Å². The lowest BCUT2D eigenvalue weighted by Crippen LogP contribution is -2.38. The van der Waals surface area contributed by atoms with E-state index >= 15 is 0 Å². The third kappa shape index (κ3) is 4.11. The lowest BCUT2D eigenvalue weighted by Gasteiger charge is -2.33. The van der Waals surface area contributed by atoms with Gasteiger partial charge in [0.25, 0.3) is 0 Å². The number of hydrogen-bond donors (Lipinski definition) is 1. The van der Waals surface area contributed by atoms with Crippen molar-refractivity contribution in [3.05, 3.63) is 64.1 Å². The maximum absolute atomic E-state index is 3.69. The number of benzene rings is 2. The van der Waals surface area contributed by atoms with Gasteiger partial charge in [-0.2, -0.15) is 0 Å². The molecule has 2 aromatic rings. The van der Waals surface area contributed by atoms with Crippen LogP contribution in [0.15, 0.2) is 53.0 Å². The van der Waals surface area contributed by atoms with Crippen molar-refractivity contribution in [2.24, 2.45) is 0 Å². The molecule has 0 saturated carbocycles. The minimum atomic E-state index is 0.590. The molecule has 0 bridgehead atoms. The average Bonchev–Trinajstić information content (AvgIpc) is 2.54. The van der Waals surface area contributed by atoms with Gasteiger partial charge in [-0.15, -0.1) is 0 Å². The Balaban J connectivity index is 1.50. The lowest BCUT2D eigenvalue weighted by molar-refractivity contribution is 0.211. The summed E-state index contributed by atoms with van der Waals surface area (Å²) in [6.07, 6.45) is 2.42. The fraction of sp³-hybridized carbons (Fsp3) is 0.368. The van der Waals surface area contributed by atoms with Crippen LogP contribution in [0.4, 0.5) is 5.69 Å². The zero-order chi connectivity index (χ0) is 15.4. The van der Waals surface area contributed by atoms with E-state index in [1.165, 1.54) is 47.2 Å². The second-order valence-electron chi connectivity index (χ2n) is 6.14. The van der Waals surface area contributed by atoms with E-state index in [0.717, 1.165) is 6.54 Å². The van der Waals surface area contributed by atoms with Crippen LogP contribution in [0.5, 0.6) is 0 Å². The van der Waals surface area contributed by atoms with Crippen molar-refractivity contribution in [1.29, 1.82) is 0 Å². The van der Waals surface area contributed by atoms with E-state index in [4.69, 9.17) is 0 Å². The molecule has 0 amide bonds. The first-order chi connectivity index (χ1) is 10.7. The maximum Gasteiger partial charge on any atom is 0.0345 e. The second-order valence-corrected chi connectivity index (χ2v) is 7.00. The lowest BCUT2D eigenvalue weighted by atomic mass is 10.0. The van der Waals surface area contributed by atoms with Gasteiger partial charge in [-0.1, -0.05) is 46.3 Å². The second kappa shape index (κ2) is 7.30. The molecule has 3 rings (SSSR count). The van der Waals surface area contributed by atoms with E-state index in [9.17, 15) is 0 Å². The standard InChI is InChI=1S/C19H23BrN2/c1-15-13-18(7-8-19(15)20)21-17-9-11-22(12-10-17)14-16-5-3-2-4-6-16/h2-8,13,17,21H,9-12,14H2,1H3. The molecule has 1 heterocycles. The van der Waals surface area contributed by atoms with Crippen LogP contribution < -0.4 is 5.32 Å². The monoisotopic (exact) mass is 358 g/mol. The van der Waals surface area contributed by atoms with Gasteiger partial charge in [-0.05, 0) is 49.1 Å². The minimum absolute atomic E-state index is 0.590. The zero-order valence-corrected chi connectivity index (χ0v) is 14.6. The summed E-state index contributed by atoms with van der Waals surface area (Å²) in [6, 6.07) is 17.9. The Labute approximate surface area is 141 Å². The van der Waals surface area contributed by atoms with Crippen LogP contribution in [-0.2, 0) is 6.54 Å². The highest BCUT2D eigenvalue weighted by atomic mass is 79.9. The molecule has 2 nitrogen and oxygen atoms in total. The summed E-state index contributed by atoms with van der Waals surface area (Å²) in [5.41, 5.74) is 3.94. The van der Waals surface area contributed by atoms with E-state index in [-0.39, 0.29) is 0 Å². The number of piperidine rings is 1. The van der Waals surface area contributed by atoms with Crippen molar-refractivity contribution in [3.63, 3.8) is 0 Å². The van der Waals surface area contributed by atoms with E-state index in [1.807, 2.05) is 0 Å².